The van der Waals surface area contributed by atoms with Gasteiger partial charge in [0.05, 0.1) is 11.1 Å². The van der Waals surface area contributed by atoms with Crippen molar-refractivity contribution in [3.63, 3.8) is 0 Å². The number of alkyl halides is 6. The SMILES string of the molecule is CCC(C)c1ccc(C(F)(F)F)cc1C(F)(F)F. The Morgan fingerprint density at radius 2 is 1.56 bits per heavy atom. The second-order valence-corrected chi connectivity index (χ2v) is 4.11. The number of halogens is 6. The molecule has 0 aliphatic rings. The van der Waals surface area contributed by atoms with Crippen molar-refractivity contribution in [3.8, 4) is 0 Å². The average molecular weight is 270 g/mol. The van der Waals surface area contributed by atoms with Crippen LogP contribution in [0.25, 0.3) is 0 Å². The zero-order valence-electron chi connectivity index (χ0n) is 9.78. The Morgan fingerprint density at radius 1 is 1.00 bits per heavy atom. The van der Waals surface area contributed by atoms with Crippen molar-refractivity contribution in [2.45, 2.75) is 38.5 Å². The summed E-state index contributed by atoms with van der Waals surface area (Å²) >= 11 is 0. The summed E-state index contributed by atoms with van der Waals surface area (Å²) in [7, 11) is 0. The minimum atomic E-state index is -4.78. The van der Waals surface area contributed by atoms with Crippen molar-refractivity contribution in [3.05, 3.63) is 34.9 Å². The molecule has 1 rings (SSSR count). The Kier molecular flexibility index (Phi) is 3.98. The van der Waals surface area contributed by atoms with Crippen molar-refractivity contribution >= 4 is 0 Å². The molecule has 1 aromatic rings. The molecule has 0 nitrogen and oxygen atoms in total. The molecule has 1 unspecified atom stereocenters. The molecule has 0 heterocycles. The highest BCUT2D eigenvalue weighted by molar-refractivity contribution is 5.37. The maximum atomic E-state index is 12.7. The van der Waals surface area contributed by atoms with Gasteiger partial charge in [0, 0.05) is 0 Å². The molecule has 0 aliphatic carbocycles. The molecule has 0 saturated heterocycles. The van der Waals surface area contributed by atoms with Crippen molar-refractivity contribution in [2.24, 2.45) is 0 Å². The minimum Gasteiger partial charge on any atom is -0.166 e. The van der Waals surface area contributed by atoms with Gasteiger partial charge in [-0.1, -0.05) is 19.9 Å². The van der Waals surface area contributed by atoms with Crippen LogP contribution in [-0.2, 0) is 12.4 Å². The van der Waals surface area contributed by atoms with Crippen molar-refractivity contribution < 1.29 is 26.3 Å². The molecular weight excluding hydrogens is 258 g/mol. The van der Waals surface area contributed by atoms with Crippen LogP contribution in [-0.4, -0.2) is 0 Å². The fourth-order valence-electron chi connectivity index (χ4n) is 1.63. The summed E-state index contributed by atoms with van der Waals surface area (Å²) in [6.07, 6.45) is -9.12. The molecule has 1 aromatic carbocycles. The number of rotatable bonds is 2. The Balaban J connectivity index is 3.40. The Morgan fingerprint density at radius 3 is 1.94 bits per heavy atom. The molecule has 0 aliphatic heterocycles. The molecule has 0 amide bonds. The quantitative estimate of drug-likeness (QED) is 0.645. The summed E-state index contributed by atoms with van der Waals surface area (Å²) in [5.74, 6) is -0.441. The fraction of sp³-hybridized carbons (Fsp3) is 0.500. The van der Waals surface area contributed by atoms with Gasteiger partial charge in [-0.05, 0) is 30.0 Å². The predicted octanol–water partition coefficient (Wildman–Crippen LogP) is 5.24. The van der Waals surface area contributed by atoms with Crippen molar-refractivity contribution in [1.29, 1.82) is 0 Å². The van der Waals surface area contributed by atoms with E-state index in [9.17, 15) is 26.3 Å². The molecule has 0 saturated carbocycles. The van der Waals surface area contributed by atoms with E-state index in [1.807, 2.05) is 0 Å². The van der Waals surface area contributed by atoms with Crippen LogP contribution >= 0.6 is 0 Å². The van der Waals surface area contributed by atoms with Gasteiger partial charge in [-0.15, -0.1) is 0 Å². The molecule has 0 N–H and O–H groups in total. The molecule has 0 aromatic heterocycles. The Bertz CT molecular complexity index is 416. The van der Waals surface area contributed by atoms with Gasteiger partial charge in [-0.25, -0.2) is 0 Å². The molecule has 6 heteroatoms. The lowest BCUT2D eigenvalue weighted by Gasteiger charge is -2.19. The van der Waals surface area contributed by atoms with Crippen LogP contribution in [0.1, 0.15) is 42.9 Å². The normalized spacial score (nSPS) is 14.7. The highest BCUT2D eigenvalue weighted by Crippen LogP contribution is 2.39. The molecule has 0 spiro atoms. The molecule has 1 atom stereocenters. The van der Waals surface area contributed by atoms with E-state index in [2.05, 4.69) is 0 Å². The summed E-state index contributed by atoms with van der Waals surface area (Å²) in [5, 5.41) is 0. The molecule has 0 bridgehead atoms. The van der Waals surface area contributed by atoms with Crippen LogP contribution in [0.5, 0.6) is 0 Å². The second kappa shape index (κ2) is 4.82. The van der Waals surface area contributed by atoms with E-state index in [4.69, 9.17) is 0 Å². The van der Waals surface area contributed by atoms with Crippen LogP contribution < -0.4 is 0 Å². The van der Waals surface area contributed by atoms with E-state index in [0.717, 1.165) is 6.07 Å². The van der Waals surface area contributed by atoms with E-state index < -0.39 is 29.4 Å². The molecule has 0 radical (unpaired) electrons. The lowest BCUT2D eigenvalue weighted by molar-refractivity contribution is -0.143. The zero-order valence-corrected chi connectivity index (χ0v) is 9.78. The van der Waals surface area contributed by atoms with E-state index >= 15 is 0 Å². The van der Waals surface area contributed by atoms with Crippen LogP contribution in [0.3, 0.4) is 0 Å². The minimum absolute atomic E-state index is 0.0991. The van der Waals surface area contributed by atoms with Gasteiger partial charge in [-0.2, -0.15) is 26.3 Å². The van der Waals surface area contributed by atoms with Crippen LogP contribution in [0, 0.1) is 0 Å². The Hall–Kier alpha value is -1.20. The van der Waals surface area contributed by atoms with E-state index in [1.165, 1.54) is 0 Å². The van der Waals surface area contributed by atoms with Crippen molar-refractivity contribution in [1.82, 2.24) is 0 Å². The van der Waals surface area contributed by atoms with Gasteiger partial charge in [-0.3, -0.25) is 0 Å². The zero-order chi connectivity index (χ0) is 14.1. The maximum Gasteiger partial charge on any atom is 0.416 e. The number of hydrogen-bond donors (Lipinski definition) is 0. The predicted molar refractivity (Wildman–Crippen MR) is 55.2 cm³/mol. The highest BCUT2D eigenvalue weighted by atomic mass is 19.4. The largest absolute Gasteiger partial charge is 0.416 e. The van der Waals surface area contributed by atoms with Crippen LogP contribution in [0.2, 0.25) is 0 Å². The van der Waals surface area contributed by atoms with Crippen molar-refractivity contribution in [2.75, 3.05) is 0 Å². The maximum absolute atomic E-state index is 12.7. The lowest BCUT2D eigenvalue weighted by atomic mass is 9.92. The average Bonchev–Trinajstić information content (AvgIpc) is 2.24. The Labute approximate surface area is 101 Å². The summed E-state index contributed by atoms with van der Waals surface area (Å²) < 4.78 is 75.4. The van der Waals surface area contributed by atoms with E-state index in [0.29, 0.717) is 12.5 Å². The van der Waals surface area contributed by atoms with Gasteiger partial charge in [0.25, 0.3) is 0 Å². The molecule has 18 heavy (non-hydrogen) atoms. The third kappa shape index (κ3) is 3.17. The first kappa shape index (κ1) is 14.9. The molecule has 102 valence electrons. The fourth-order valence-corrected chi connectivity index (χ4v) is 1.63. The van der Waals surface area contributed by atoms with Crippen LogP contribution in [0.4, 0.5) is 26.3 Å². The second-order valence-electron chi connectivity index (χ2n) is 4.11. The smallest absolute Gasteiger partial charge is 0.166 e. The van der Waals surface area contributed by atoms with Gasteiger partial charge >= 0.3 is 12.4 Å². The van der Waals surface area contributed by atoms with E-state index in [-0.39, 0.29) is 11.6 Å². The van der Waals surface area contributed by atoms with Crippen LogP contribution in [0.15, 0.2) is 18.2 Å². The summed E-state index contributed by atoms with van der Waals surface area (Å²) in [4.78, 5) is 0. The highest BCUT2D eigenvalue weighted by Gasteiger charge is 2.38. The summed E-state index contributed by atoms with van der Waals surface area (Å²) in [6, 6.07) is 1.79. The lowest BCUT2D eigenvalue weighted by Crippen LogP contribution is -2.14. The third-order valence-corrected chi connectivity index (χ3v) is 2.83. The van der Waals surface area contributed by atoms with Gasteiger partial charge in [0.15, 0.2) is 0 Å². The van der Waals surface area contributed by atoms with E-state index in [1.54, 1.807) is 13.8 Å². The monoisotopic (exact) mass is 270 g/mol. The number of hydrogen-bond acceptors (Lipinski definition) is 0. The summed E-state index contributed by atoms with van der Waals surface area (Å²) in [6.45, 7) is 3.24. The first-order valence-electron chi connectivity index (χ1n) is 5.35. The van der Waals surface area contributed by atoms with Gasteiger partial charge in [0.1, 0.15) is 0 Å². The van der Waals surface area contributed by atoms with Gasteiger partial charge in [0.2, 0.25) is 0 Å². The number of benzene rings is 1. The first-order valence-corrected chi connectivity index (χ1v) is 5.35. The first-order chi connectivity index (χ1) is 8.07. The molecular formula is C12H12F6. The topological polar surface area (TPSA) is 0 Å². The van der Waals surface area contributed by atoms with Gasteiger partial charge < -0.3 is 0 Å². The molecule has 0 fully saturated rings. The standard InChI is InChI=1S/C12H12F6/c1-3-7(2)9-5-4-8(11(13,14)15)6-10(9)12(16,17)18/h4-7H,3H2,1-2H3. The summed E-state index contributed by atoms with van der Waals surface area (Å²) in [5.41, 5.74) is -2.58. The third-order valence-electron chi connectivity index (χ3n) is 2.83.